The molecule has 1 atom stereocenters. The Morgan fingerprint density at radius 3 is 2.79 bits per heavy atom. The van der Waals surface area contributed by atoms with E-state index in [-0.39, 0.29) is 0 Å². The molecular weight excluding hydrogens is 324 g/mol. The summed E-state index contributed by atoms with van der Waals surface area (Å²) in [5, 5.41) is 3.92. The normalized spacial score (nSPS) is 20.7. The van der Waals surface area contributed by atoms with Gasteiger partial charge in [-0.3, -0.25) is 0 Å². The number of halogens is 1. The van der Waals surface area contributed by atoms with Crippen LogP contribution in [-0.2, 0) is 11.2 Å². The molecular formula is C19H21ClN2O2. The highest BCUT2D eigenvalue weighted by atomic mass is 35.5. The van der Waals surface area contributed by atoms with Gasteiger partial charge in [0.25, 0.3) is 0 Å². The molecule has 0 unspecified atom stereocenters. The fourth-order valence-electron chi connectivity index (χ4n) is 3.27. The number of ether oxygens (including phenoxy) is 1. The molecule has 2 aromatic carbocycles. The summed E-state index contributed by atoms with van der Waals surface area (Å²) in [5.41, 5.74) is 1.46. The molecule has 126 valence electrons. The largest absolute Gasteiger partial charge is 0.495 e. The summed E-state index contributed by atoms with van der Waals surface area (Å²) < 4.78 is 5.33. The summed E-state index contributed by atoms with van der Waals surface area (Å²) in [5.74, 6) is 0.618. The van der Waals surface area contributed by atoms with Crippen LogP contribution in [0.3, 0.4) is 0 Å². The molecule has 3 rings (SSSR count). The number of carbonyl (C=O) groups is 1. The average Bonchev–Trinajstić information content (AvgIpc) is 2.63. The molecule has 0 saturated carbocycles. The Morgan fingerprint density at radius 2 is 2.08 bits per heavy atom. The lowest BCUT2D eigenvalue weighted by Gasteiger charge is -2.45. The molecule has 0 radical (unpaired) electrons. The maximum Gasteiger partial charge on any atom is 0.147 e. The fourth-order valence-corrected chi connectivity index (χ4v) is 3.47. The lowest BCUT2D eigenvalue weighted by Crippen LogP contribution is -2.64. The number of anilines is 1. The second-order valence-electron chi connectivity index (χ2n) is 6.03. The molecule has 2 aromatic rings. The molecule has 5 heteroatoms. The van der Waals surface area contributed by atoms with Gasteiger partial charge in [0, 0.05) is 37.8 Å². The number of hydrogen-bond acceptors (Lipinski definition) is 4. The van der Waals surface area contributed by atoms with E-state index in [1.807, 2.05) is 36.4 Å². The molecule has 24 heavy (non-hydrogen) atoms. The van der Waals surface area contributed by atoms with Gasteiger partial charge in [0.2, 0.25) is 0 Å². The number of benzene rings is 2. The van der Waals surface area contributed by atoms with Gasteiger partial charge in [0.1, 0.15) is 17.6 Å². The van der Waals surface area contributed by atoms with Crippen LogP contribution in [0.5, 0.6) is 5.75 Å². The number of nitrogens with zero attached hydrogens (tertiary/aromatic N) is 1. The van der Waals surface area contributed by atoms with Crippen molar-refractivity contribution in [3.63, 3.8) is 0 Å². The van der Waals surface area contributed by atoms with Gasteiger partial charge in [-0.05, 0) is 17.7 Å². The van der Waals surface area contributed by atoms with Gasteiger partial charge in [-0.1, -0.05) is 41.9 Å². The van der Waals surface area contributed by atoms with Crippen molar-refractivity contribution in [1.29, 1.82) is 0 Å². The number of nitrogens with one attached hydrogen (secondary N) is 1. The monoisotopic (exact) mass is 344 g/mol. The Hall–Kier alpha value is -2.04. The molecule has 4 nitrogen and oxygen atoms in total. The lowest BCUT2D eigenvalue weighted by molar-refractivity contribution is -0.112. The van der Waals surface area contributed by atoms with Crippen molar-refractivity contribution in [1.82, 2.24) is 5.32 Å². The molecule has 0 amide bonds. The Morgan fingerprint density at radius 1 is 1.29 bits per heavy atom. The zero-order valence-electron chi connectivity index (χ0n) is 13.7. The van der Waals surface area contributed by atoms with Crippen molar-refractivity contribution in [2.75, 3.05) is 31.6 Å². The smallest absolute Gasteiger partial charge is 0.147 e. The Labute approximate surface area is 147 Å². The summed E-state index contributed by atoms with van der Waals surface area (Å²) >= 11 is 6.14. The maximum atomic E-state index is 12.2. The predicted octanol–water partition coefficient (Wildman–Crippen LogP) is 2.94. The standard InChI is InChI=1S/C19H21ClN2O2/c1-24-18-11-16(7-8-17(18)20)22-10-9-21-13-19(22,14-23)12-15-5-3-2-4-6-15/h2-8,11,14,21H,9-10,12-13H2,1H3/t19-/m1/s1. The van der Waals surface area contributed by atoms with E-state index in [4.69, 9.17) is 16.3 Å². The minimum atomic E-state index is -0.627. The van der Waals surface area contributed by atoms with Gasteiger partial charge in [-0.15, -0.1) is 0 Å². The van der Waals surface area contributed by atoms with E-state index in [9.17, 15) is 4.79 Å². The number of piperazine rings is 1. The molecule has 1 aliphatic rings. The van der Waals surface area contributed by atoms with Crippen LogP contribution >= 0.6 is 11.6 Å². The van der Waals surface area contributed by atoms with Crippen LogP contribution in [0, 0.1) is 0 Å². The second kappa shape index (κ2) is 7.24. The SMILES string of the molecule is COc1cc(N2CCNC[C@@]2(C=O)Cc2ccccc2)ccc1Cl. The number of hydrogen-bond donors (Lipinski definition) is 1. The zero-order chi connectivity index (χ0) is 17.0. The van der Waals surface area contributed by atoms with Crippen LogP contribution in [-0.4, -0.2) is 38.6 Å². The van der Waals surface area contributed by atoms with Crippen LogP contribution in [0.4, 0.5) is 5.69 Å². The molecule has 1 aliphatic heterocycles. The minimum absolute atomic E-state index is 0.566. The lowest BCUT2D eigenvalue weighted by atomic mass is 9.88. The molecule has 1 saturated heterocycles. The number of rotatable bonds is 5. The van der Waals surface area contributed by atoms with Gasteiger partial charge < -0.3 is 19.7 Å². The van der Waals surface area contributed by atoms with Gasteiger partial charge in [0.05, 0.1) is 12.1 Å². The van der Waals surface area contributed by atoms with Crippen molar-refractivity contribution in [3.05, 3.63) is 59.1 Å². The van der Waals surface area contributed by atoms with E-state index in [2.05, 4.69) is 22.3 Å². The molecule has 0 bridgehead atoms. The highest BCUT2D eigenvalue weighted by molar-refractivity contribution is 6.32. The first kappa shape index (κ1) is 16.8. The summed E-state index contributed by atoms with van der Waals surface area (Å²) in [4.78, 5) is 14.3. The van der Waals surface area contributed by atoms with Gasteiger partial charge in [-0.2, -0.15) is 0 Å². The van der Waals surface area contributed by atoms with E-state index in [1.165, 1.54) is 0 Å². The molecule has 1 heterocycles. The molecule has 0 spiro atoms. The summed E-state index contributed by atoms with van der Waals surface area (Å²) in [6.45, 7) is 2.18. The third-order valence-corrected chi connectivity index (χ3v) is 4.81. The Kier molecular flexibility index (Phi) is 5.07. The highest BCUT2D eigenvalue weighted by Gasteiger charge is 2.39. The number of methoxy groups -OCH3 is 1. The Balaban J connectivity index is 1.98. The van der Waals surface area contributed by atoms with Crippen molar-refractivity contribution in [2.24, 2.45) is 0 Å². The number of carbonyl (C=O) groups excluding carboxylic acids is 1. The Bertz CT molecular complexity index is 708. The van der Waals surface area contributed by atoms with Crippen LogP contribution < -0.4 is 15.0 Å². The average molecular weight is 345 g/mol. The first-order valence-corrected chi connectivity index (χ1v) is 8.38. The van der Waals surface area contributed by atoms with Crippen LogP contribution in [0.2, 0.25) is 5.02 Å². The van der Waals surface area contributed by atoms with E-state index >= 15 is 0 Å². The number of aldehydes is 1. The summed E-state index contributed by atoms with van der Waals surface area (Å²) in [7, 11) is 1.60. The van der Waals surface area contributed by atoms with Crippen LogP contribution in [0.15, 0.2) is 48.5 Å². The second-order valence-corrected chi connectivity index (χ2v) is 6.44. The molecule has 0 aromatic heterocycles. The minimum Gasteiger partial charge on any atom is -0.495 e. The predicted molar refractivity (Wildman–Crippen MR) is 97.2 cm³/mol. The van der Waals surface area contributed by atoms with E-state index in [0.29, 0.717) is 23.7 Å². The molecule has 0 aliphatic carbocycles. The van der Waals surface area contributed by atoms with Gasteiger partial charge >= 0.3 is 0 Å². The maximum absolute atomic E-state index is 12.2. The quantitative estimate of drug-likeness (QED) is 0.847. The van der Waals surface area contributed by atoms with Crippen LogP contribution in [0.1, 0.15) is 5.56 Å². The van der Waals surface area contributed by atoms with Crippen molar-refractivity contribution >= 4 is 23.6 Å². The summed E-state index contributed by atoms with van der Waals surface area (Å²) in [6, 6.07) is 15.8. The first-order chi connectivity index (χ1) is 11.7. The first-order valence-electron chi connectivity index (χ1n) is 8.01. The third kappa shape index (κ3) is 3.25. The van der Waals surface area contributed by atoms with Crippen LogP contribution in [0.25, 0.3) is 0 Å². The molecule has 1 N–H and O–H groups in total. The van der Waals surface area contributed by atoms with Gasteiger partial charge in [-0.25, -0.2) is 0 Å². The van der Waals surface area contributed by atoms with Crippen molar-refractivity contribution < 1.29 is 9.53 Å². The molecule has 1 fully saturated rings. The topological polar surface area (TPSA) is 41.6 Å². The highest BCUT2D eigenvalue weighted by Crippen LogP contribution is 2.34. The summed E-state index contributed by atoms with van der Waals surface area (Å²) in [6.07, 6.45) is 1.71. The van der Waals surface area contributed by atoms with E-state index in [1.54, 1.807) is 7.11 Å². The third-order valence-electron chi connectivity index (χ3n) is 4.50. The fraction of sp³-hybridized carbons (Fsp3) is 0.316. The van der Waals surface area contributed by atoms with Gasteiger partial charge in [0.15, 0.2) is 0 Å². The van der Waals surface area contributed by atoms with E-state index < -0.39 is 5.54 Å². The van der Waals surface area contributed by atoms with Crippen molar-refractivity contribution in [3.8, 4) is 5.75 Å². The van der Waals surface area contributed by atoms with Crippen molar-refractivity contribution in [2.45, 2.75) is 12.0 Å². The zero-order valence-corrected chi connectivity index (χ0v) is 14.4. The van der Waals surface area contributed by atoms with E-state index in [0.717, 1.165) is 30.6 Å².